The Balaban J connectivity index is 4.65. The number of phosphoric acid groups is 1. The Bertz CT molecular complexity index is 1160. The number of amides is 1. The molecule has 9 nitrogen and oxygen atoms in total. The highest BCUT2D eigenvalue weighted by Crippen LogP contribution is 2.38. The van der Waals surface area contributed by atoms with Crippen molar-refractivity contribution in [3.05, 3.63) is 72.9 Å². The number of phosphoric ester groups is 1. The zero-order valence-corrected chi connectivity index (χ0v) is 37.1. The summed E-state index contributed by atoms with van der Waals surface area (Å²) in [6.45, 7) is 4.39. The molecule has 56 heavy (non-hydrogen) atoms. The molecule has 0 radical (unpaired) electrons. The van der Waals surface area contributed by atoms with E-state index in [1.54, 1.807) is 12.2 Å². The number of unbranched alkanes of at least 4 members (excludes halogenated alkanes) is 13. The van der Waals surface area contributed by atoms with Crippen LogP contribution in [0.2, 0.25) is 0 Å². The second kappa shape index (κ2) is 37.2. The van der Waals surface area contributed by atoms with Gasteiger partial charge in [-0.2, -0.15) is 0 Å². The van der Waals surface area contributed by atoms with Gasteiger partial charge < -0.3 is 34.0 Å². The van der Waals surface area contributed by atoms with Crippen molar-refractivity contribution >= 4 is 13.7 Å². The third-order valence-electron chi connectivity index (χ3n) is 9.33. The smallest absolute Gasteiger partial charge is 0.268 e. The highest BCUT2D eigenvalue weighted by atomic mass is 31.2. The van der Waals surface area contributed by atoms with E-state index >= 15 is 0 Å². The predicted molar refractivity (Wildman–Crippen MR) is 234 cm³/mol. The summed E-state index contributed by atoms with van der Waals surface area (Å²) >= 11 is 0. The molecular weight excluding hydrogens is 723 g/mol. The highest BCUT2D eigenvalue weighted by Gasteiger charge is 2.24. The monoisotopic (exact) mass is 807 g/mol. The molecule has 0 aromatic rings. The molecule has 0 rings (SSSR count). The molecule has 0 saturated carbocycles. The van der Waals surface area contributed by atoms with Crippen molar-refractivity contribution in [3.63, 3.8) is 0 Å². The summed E-state index contributed by atoms with van der Waals surface area (Å²) in [4.78, 5) is 25.3. The van der Waals surface area contributed by atoms with E-state index in [2.05, 4.69) is 67.8 Å². The molecular formula is C46H83N2O7P. The Labute approximate surface area is 343 Å². The van der Waals surface area contributed by atoms with Gasteiger partial charge in [0.2, 0.25) is 5.91 Å². The molecule has 1 amide bonds. The Morgan fingerprint density at radius 1 is 0.679 bits per heavy atom. The minimum absolute atomic E-state index is 0.00822. The van der Waals surface area contributed by atoms with Crippen molar-refractivity contribution < 1.29 is 38.0 Å². The van der Waals surface area contributed by atoms with Gasteiger partial charge in [-0.3, -0.25) is 9.36 Å². The topological polar surface area (TPSA) is 128 Å². The molecule has 0 heterocycles. The summed E-state index contributed by atoms with van der Waals surface area (Å²) in [7, 11) is 1.15. The van der Waals surface area contributed by atoms with Crippen molar-refractivity contribution in [1.29, 1.82) is 0 Å². The lowest BCUT2D eigenvalue weighted by Crippen LogP contribution is -2.46. The van der Waals surface area contributed by atoms with Gasteiger partial charge in [0.1, 0.15) is 13.2 Å². The third kappa shape index (κ3) is 38.8. The van der Waals surface area contributed by atoms with E-state index in [1.807, 2.05) is 33.3 Å². The van der Waals surface area contributed by atoms with Crippen LogP contribution in [-0.2, 0) is 18.4 Å². The number of allylic oxidation sites excluding steroid dienone is 11. The minimum Gasteiger partial charge on any atom is -0.756 e. The maximum atomic E-state index is 12.9. The molecule has 4 atom stereocenters. The van der Waals surface area contributed by atoms with E-state index in [4.69, 9.17) is 9.05 Å². The van der Waals surface area contributed by atoms with Crippen LogP contribution in [0.5, 0.6) is 0 Å². The first-order chi connectivity index (χ1) is 26.9. The van der Waals surface area contributed by atoms with Crippen LogP contribution < -0.4 is 10.2 Å². The molecule has 0 aromatic carbocycles. The Morgan fingerprint density at radius 3 is 1.66 bits per heavy atom. The average molecular weight is 807 g/mol. The molecule has 324 valence electrons. The maximum Gasteiger partial charge on any atom is 0.268 e. The van der Waals surface area contributed by atoms with Gasteiger partial charge in [0.05, 0.1) is 46.0 Å². The van der Waals surface area contributed by atoms with Gasteiger partial charge in [-0.1, -0.05) is 177 Å². The lowest BCUT2D eigenvalue weighted by atomic mass is 10.0. The van der Waals surface area contributed by atoms with Gasteiger partial charge in [0, 0.05) is 6.42 Å². The largest absolute Gasteiger partial charge is 0.756 e. The first-order valence-electron chi connectivity index (χ1n) is 21.9. The molecule has 0 spiro atoms. The molecule has 0 saturated heterocycles. The molecule has 0 aliphatic rings. The Kier molecular flexibility index (Phi) is 35.8. The fourth-order valence-electron chi connectivity index (χ4n) is 5.79. The van der Waals surface area contributed by atoms with Gasteiger partial charge in [0.15, 0.2) is 0 Å². The molecule has 0 bridgehead atoms. The number of nitrogens with one attached hydrogen (secondary N) is 1. The molecule has 2 unspecified atom stereocenters. The van der Waals surface area contributed by atoms with E-state index in [0.717, 1.165) is 57.8 Å². The van der Waals surface area contributed by atoms with E-state index in [-0.39, 0.29) is 19.4 Å². The highest BCUT2D eigenvalue weighted by molar-refractivity contribution is 7.45. The van der Waals surface area contributed by atoms with Crippen LogP contribution in [0.15, 0.2) is 72.9 Å². The van der Waals surface area contributed by atoms with Crippen LogP contribution in [0.25, 0.3) is 0 Å². The first kappa shape index (κ1) is 53.9. The van der Waals surface area contributed by atoms with Crippen LogP contribution in [0.1, 0.15) is 155 Å². The Morgan fingerprint density at radius 2 is 1.16 bits per heavy atom. The molecule has 0 aliphatic heterocycles. The molecule has 0 aliphatic carbocycles. The van der Waals surface area contributed by atoms with Crippen molar-refractivity contribution in [3.8, 4) is 0 Å². The van der Waals surface area contributed by atoms with Gasteiger partial charge >= 0.3 is 0 Å². The maximum absolute atomic E-state index is 12.9. The van der Waals surface area contributed by atoms with E-state index in [0.29, 0.717) is 17.4 Å². The number of nitrogens with zero attached hydrogens (tertiary/aromatic N) is 1. The average Bonchev–Trinajstić information content (AvgIpc) is 3.14. The number of aliphatic hydroxyl groups is 2. The lowest BCUT2D eigenvalue weighted by molar-refractivity contribution is -0.870. The Hall–Kier alpha value is -2.10. The second-order valence-electron chi connectivity index (χ2n) is 15.9. The van der Waals surface area contributed by atoms with Crippen molar-refractivity contribution in [2.75, 3.05) is 40.9 Å². The normalized spacial score (nSPS) is 15.6. The third-order valence-corrected chi connectivity index (χ3v) is 10.3. The summed E-state index contributed by atoms with van der Waals surface area (Å²) in [5.41, 5.74) is 0. The van der Waals surface area contributed by atoms with Crippen molar-refractivity contribution in [2.24, 2.45) is 0 Å². The number of hydrogen-bond donors (Lipinski definition) is 3. The van der Waals surface area contributed by atoms with Gasteiger partial charge in [-0.05, 0) is 44.9 Å². The van der Waals surface area contributed by atoms with E-state index in [9.17, 15) is 24.5 Å². The minimum atomic E-state index is -4.63. The van der Waals surface area contributed by atoms with E-state index < -0.39 is 38.6 Å². The molecule has 10 heteroatoms. The summed E-state index contributed by atoms with van der Waals surface area (Å²) in [6, 6.07) is -0.928. The summed E-state index contributed by atoms with van der Waals surface area (Å²) in [5, 5.41) is 24.2. The van der Waals surface area contributed by atoms with Crippen LogP contribution >= 0.6 is 7.82 Å². The number of hydrogen-bond acceptors (Lipinski definition) is 7. The fraction of sp³-hybridized carbons (Fsp3) is 0.717. The van der Waals surface area contributed by atoms with Crippen LogP contribution in [0.3, 0.4) is 0 Å². The molecule has 0 aromatic heterocycles. The van der Waals surface area contributed by atoms with Crippen LogP contribution in [0, 0.1) is 0 Å². The second-order valence-corrected chi connectivity index (χ2v) is 17.3. The summed E-state index contributed by atoms with van der Waals surface area (Å²) in [6.07, 6.45) is 45.1. The number of carbonyl (C=O) groups is 1. The molecule has 3 N–H and O–H groups in total. The molecule has 0 fully saturated rings. The van der Waals surface area contributed by atoms with Crippen molar-refractivity contribution in [1.82, 2.24) is 5.32 Å². The SMILES string of the molecule is CC/C=C\C/C=C\C/C=C\C/C=C\C/C=C\C=C/C(O)CCC(=O)N[C@@H](COP(=O)([O-])OCC[N+](C)(C)C)[C@H](O)CCCCCCCCCCCCCCCC. The lowest BCUT2D eigenvalue weighted by Gasteiger charge is -2.30. The first-order valence-corrected chi connectivity index (χ1v) is 23.4. The number of likely N-dealkylation sites (N-methyl/N-ethyl adjacent to an activating group) is 1. The van der Waals surface area contributed by atoms with E-state index in [1.165, 1.54) is 64.2 Å². The standard InChI is InChI=1S/C46H83N2O7P/c1-6-8-10-12-14-16-18-20-22-23-24-26-28-30-32-34-36-43(49)38-39-46(51)47-44(42-55-56(52,53)54-41-40-48(3,4)5)45(50)37-35-33-31-29-27-25-21-19-17-15-13-11-9-7-2/h8,10,14,16,20,22,24,26,30,32,34,36,43-45,49-50H,6-7,9,11-13,15,17-19,21,23,25,27-29,31,33,35,37-42H2,1-5H3,(H-,47,51,52,53)/b10-8-,16-14-,22-20-,26-24-,32-30-,36-34-/t43?,44-,45+/m0/s1. The summed E-state index contributed by atoms with van der Waals surface area (Å²) in [5.74, 6) is -0.396. The number of quaternary nitrogens is 1. The van der Waals surface area contributed by atoms with Crippen LogP contribution in [0.4, 0.5) is 0 Å². The number of rotatable bonds is 38. The predicted octanol–water partition coefficient (Wildman–Crippen LogP) is 10.4. The number of aliphatic hydroxyl groups excluding tert-OH is 2. The van der Waals surface area contributed by atoms with Gasteiger partial charge in [0.25, 0.3) is 7.82 Å². The van der Waals surface area contributed by atoms with Crippen molar-refractivity contribution in [2.45, 2.75) is 173 Å². The number of carbonyl (C=O) groups excluding carboxylic acids is 1. The zero-order chi connectivity index (χ0) is 41.6. The van der Waals surface area contributed by atoms with Gasteiger partial charge in [-0.15, -0.1) is 0 Å². The summed E-state index contributed by atoms with van der Waals surface area (Å²) < 4.78 is 23.1. The van der Waals surface area contributed by atoms with Crippen LogP contribution in [-0.4, -0.2) is 79.8 Å². The quantitative estimate of drug-likeness (QED) is 0.0186. The zero-order valence-electron chi connectivity index (χ0n) is 36.2. The van der Waals surface area contributed by atoms with Gasteiger partial charge in [-0.25, -0.2) is 0 Å². The fourth-order valence-corrected chi connectivity index (χ4v) is 6.51.